The molecule has 0 spiro atoms. The molecule has 2 N–H and O–H groups in total. The largest absolute Gasteiger partial charge is 0.325 e. The molecule has 7 nitrogen and oxygen atoms in total. The van der Waals surface area contributed by atoms with Crippen LogP contribution in [0, 0.1) is 11.3 Å². The van der Waals surface area contributed by atoms with Gasteiger partial charge in [-0.1, -0.05) is 24.3 Å². The number of hydrogen-bond acceptors (Lipinski definition) is 4. The Hall–Kier alpha value is -3.37. The predicted octanol–water partition coefficient (Wildman–Crippen LogP) is 2.35. The van der Waals surface area contributed by atoms with Gasteiger partial charge >= 0.3 is 6.03 Å². The van der Waals surface area contributed by atoms with E-state index >= 15 is 0 Å². The van der Waals surface area contributed by atoms with Crippen LogP contribution in [0.25, 0.3) is 0 Å². The van der Waals surface area contributed by atoms with E-state index < -0.39 is 0 Å². The summed E-state index contributed by atoms with van der Waals surface area (Å²) in [6, 6.07) is 18.0. The van der Waals surface area contributed by atoms with Crippen LogP contribution in [0.5, 0.6) is 0 Å². The molecule has 27 heavy (non-hydrogen) atoms. The van der Waals surface area contributed by atoms with Gasteiger partial charge in [-0.2, -0.15) is 5.26 Å². The Labute approximate surface area is 158 Å². The summed E-state index contributed by atoms with van der Waals surface area (Å²) in [5.74, 6) is -0.0626. The minimum Gasteiger partial charge on any atom is -0.325 e. The monoisotopic (exact) mass is 363 g/mol. The van der Waals surface area contributed by atoms with E-state index in [1.165, 1.54) is 0 Å². The summed E-state index contributed by atoms with van der Waals surface area (Å²) in [4.78, 5) is 28.2. The molecule has 0 radical (unpaired) electrons. The van der Waals surface area contributed by atoms with Crippen LogP contribution < -0.4 is 10.6 Å². The molecule has 2 aromatic rings. The highest BCUT2D eigenvalue weighted by Gasteiger charge is 2.22. The van der Waals surface area contributed by atoms with E-state index in [0.717, 1.165) is 5.69 Å². The first-order chi connectivity index (χ1) is 13.1. The number of nitriles is 1. The van der Waals surface area contributed by atoms with Gasteiger partial charge in [-0.25, -0.2) is 4.79 Å². The van der Waals surface area contributed by atoms with Crippen molar-refractivity contribution in [1.82, 2.24) is 9.80 Å². The lowest BCUT2D eigenvalue weighted by Gasteiger charge is -2.34. The molecular weight excluding hydrogens is 342 g/mol. The van der Waals surface area contributed by atoms with Gasteiger partial charge in [-0.15, -0.1) is 0 Å². The molecule has 1 aliphatic heterocycles. The first-order valence-electron chi connectivity index (χ1n) is 8.77. The Morgan fingerprint density at radius 1 is 0.926 bits per heavy atom. The summed E-state index contributed by atoms with van der Waals surface area (Å²) in [5.41, 5.74) is 1.88. The van der Waals surface area contributed by atoms with Crippen molar-refractivity contribution < 1.29 is 9.59 Å². The summed E-state index contributed by atoms with van der Waals surface area (Å²) >= 11 is 0. The lowest BCUT2D eigenvalue weighted by atomic mass is 10.2. The van der Waals surface area contributed by atoms with E-state index in [-0.39, 0.29) is 11.9 Å². The number of piperazine rings is 1. The van der Waals surface area contributed by atoms with E-state index in [1.54, 1.807) is 29.2 Å². The third-order valence-electron chi connectivity index (χ3n) is 4.33. The fourth-order valence-corrected chi connectivity index (χ4v) is 2.90. The molecule has 1 saturated heterocycles. The van der Waals surface area contributed by atoms with Crippen molar-refractivity contribution in [2.45, 2.75) is 0 Å². The molecule has 3 amide bonds. The van der Waals surface area contributed by atoms with E-state index in [2.05, 4.69) is 16.7 Å². The van der Waals surface area contributed by atoms with Gasteiger partial charge in [0.05, 0.1) is 18.2 Å². The number of anilines is 2. The van der Waals surface area contributed by atoms with Crippen LogP contribution in [-0.2, 0) is 4.79 Å². The van der Waals surface area contributed by atoms with Crippen LogP contribution in [0.15, 0.2) is 54.6 Å². The highest BCUT2D eigenvalue weighted by Crippen LogP contribution is 2.12. The average Bonchev–Trinajstić information content (AvgIpc) is 2.69. The topological polar surface area (TPSA) is 88.5 Å². The van der Waals surface area contributed by atoms with Crippen LogP contribution in [0.4, 0.5) is 16.2 Å². The minimum atomic E-state index is -0.196. The van der Waals surface area contributed by atoms with Crippen LogP contribution in [0.1, 0.15) is 5.56 Å². The number of urea groups is 1. The van der Waals surface area contributed by atoms with E-state index in [9.17, 15) is 9.59 Å². The molecule has 0 aliphatic carbocycles. The maximum absolute atomic E-state index is 12.4. The van der Waals surface area contributed by atoms with Gasteiger partial charge in [0.2, 0.25) is 5.91 Å². The van der Waals surface area contributed by atoms with Crippen LogP contribution in [-0.4, -0.2) is 54.5 Å². The molecule has 138 valence electrons. The van der Waals surface area contributed by atoms with E-state index in [1.807, 2.05) is 35.2 Å². The Bertz CT molecular complexity index is 839. The number of nitrogens with one attached hydrogen (secondary N) is 2. The highest BCUT2D eigenvalue weighted by molar-refractivity contribution is 5.92. The summed E-state index contributed by atoms with van der Waals surface area (Å²) < 4.78 is 0. The third kappa shape index (κ3) is 5.30. The molecule has 0 aromatic heterocycles. The van der Waals surface area contributed by atoms with Crippen LogP contribution >= 0.6 is 0 Å². The van der Waals surface area contributed by atoms with Crippen molar-refractivity contribution in [2.75, 3.05) is 43.4 Å². The minimum absolute atomic E-state index is 0.0626. The molecule has 1 heterocycles. The number of hydrogen-bond donors (Lipinski definition) is 2. The quantitative estimate of drug-likeness (QED) is 0.873. The zero-order valence-electron chi connectivity index (χ0n) is 14.9. The summed E-state index contributed by atoms with van der Waals surface area (Å²) in [6.07, 6.45) is 0. The Kier molecular flexibility index (Phi) is 6.02. The second-order valence-electron chi connectivity index (χ2n) is 6.30. The standard InChI is InChI=1S/C20H21N5O2/c21-14-16-5-4-8-18(13-16)23-20(27)25-11-9-24(10-12-25)15-19(26)22-17-6-2-1-3-7-17/h1-8,13H,9-12,15H2,(H,22,26)(H,23,27). The molecule has 1 aliphatic rings. The molecular formula is C20H21N5O2. The zero-order chi connectivity index (χ0) is 19.1. The van der Waals surface area contributed by atoms with Crippen molar-refractivity contribution in [3.05, 3.63) is 60.2 Å². The predicted molar refractivity (Wildman–Crippen MR) is 103 cm³/mol. The maximum atomic E-state index is 12.4. The van der Waals surface area contributed by atoms with Gasteiger partial charge in [0.25, 0.3) is 0 Å². The lowest BCUT2D eigenvalue weighted by molar-refractivity contribution is -0.117. The number of carbonyl (C=O) groups excluding carboxylic acids is 2. The number of nitrogens with zero attached hydrogens (tertiary/aromatic N) is 3. The van der Waals surface area contributed by atoms with Gasteiger partial charge in [0.15, 0.2) is 0 Å². The first-order valence-corrected chi connectivity index (χ1v) is 8.77. The number of rotatable bonds is 4. The normalized spacial score (nSPS) is 14.3. The van der Waals surface area contributed by atoms with Crippen molar-refractivity contribution in [3.8, 4) is 6.07 Å². The fourth-order valence-electron chi connectivity index (χ4n) is 2.90. The Morgan fingerprint density at radius 3 is 2.33 bits per heavy atom. The molecule has 2 aromatic carbocycles. The molecule has 3 rings (SSSR count). The zero-order valence-corrected chi connectivity index (χ0v) is 14.9. The Balaban J connectivity index is 1.44. The van der Waals surface area contributed by atoms with E-state index in [4.69, 9.17) is 5.26 Å². The SMILES string of the molecule is N#Cc1cccc(NC(=O)N2CCN(CC(=O)Nc3ccccc3)CC2)c1. The van der Waals surface area contributed by atoms with Crippen molar-refractivity contribution in [3.63, 3.8) is 0 Å². The summed E-state index contributed by atoms with van der Waals surface area (Å²) in [7, 11) is 0. The molecule has 1 fully saturated rings. The second kappa shape index (κ2) is 8.83. The number of para-hydroxylation sites is 1. The molecule has 7 heteroatoms. The van der Waals surface area contributed by atoms with Gasteiger partial charge in [0, 0.05) is 37.6 Å². The molecule has 0 bridgehead atoms. The van der Waals surface area contributed by atoms with Gasteiger partial charge < -0.3 is 15.5 Å². The van der Waals surface area contributed by atoms with E-state index in [0.29, 0.717) is 44.0 Å². The lowest BCUT2D eigenvalue weighted by Crippen LogP contribution is -2.51. The maximum Gasteiger partial charge on any atom is 0.321 e. The number of amides is 3. The van der Waals surface area contributed by atoms with Gasteiger partial charge in [-0.3, -0.25) is 9.69 Å². The van der Waals surface area contributed by atoms with Crippen molar-refractivity contribution in [1.29, 1.82) is 5.26 Å². The molecule has 0 atom stereocenters. The first kappa shape index (κ1) is 18.4. The van der Waals surface area contributed by atoms with Crippen molar-refractivity contribution in [2.24, 2.45) is 0 Å². The van der Waals surface area contributed by atoms with Crippen LogP contribution in [0.2, 0.25) is 0 Å². The summed E-state index contributed by atoms with van der Waals surface area (Å²) in [5, 5.41) is 14.6. The van der Waals surface area contributed by atoms with Crippen LogP contribution in [0.3, 0.4) is 0 Å². The summed E-state index contributed by atoms with van der Waals surface area (Å²) in [6.45, 7) is 2.65. The van der Waals surface area contributed by atoms with Gasteiger partial charge in [-0.05, 0) is 30.3 Å². The number of benzene rings is 2. The third-order valence-corrected chi connectivity index (χ3v) is 4.33. The number of carbonyl (C=O) groups is 2. The van der Waals surface area contributed by atoms with Gasteiger partial charge in [0.1, 0.15) is 0 Å². The fraction of sp³-hybridized carbons (Fsp3) is 0.250. The second-order valence-corrected chi connectivity index (χ2v) is 6.30. The smallest absolute Gasteiger partial charge is 0.321 e. The molecule has 0 unspecified atom stereocenters. The van der Waals surface area contributed by atoms with Crippen molar-refractivity contribution >= 4 is 23.3 Å². The Morgan fingerprint density at radius 2 is 1.63 bits per heavy atom. The highest BCUT2D eigenvalue weighted by atomic mass is 16.2. The molecule has 0 saturated carbocycles. The average molecular weight is 363 g/mol.